The van der Waals surface area contributed by atoms with Crippen molar-refractivity contribution in [1.29, 1.82) is 0 Å². The first-order chi connectivity index (χ1) is 12.3. The fraction of sp³-hybridized carbons (Fsp3) is 0.211. The predicted octanol–water partition coefficient (Wildman–Crippen LogP) is 4.25. The number of rotatable bonds is 4. The van der Waals surface area contributed by atoms with Crippen molar-refractivity contribution in [2.24, 2.45) is 4.99 Å². The number of amides is 2. The number of aliphatic imine (C=N–C) groups is 1. The number of ether oxygens (including phenoxy) is 1. The van der Waals surface area contributed by atoms with Crippen LogP contribution < -0.4 is 10.6 Å². The Bertz CT molecular complexity index is 848. The van der Waals surface area contributed by atoms with Gasteiger partial charge < -0.3 is 10.1 Å². The summed E-state index contributed by atoms with van der Waals surface area (Å²) in [7, 11) is 0. The van der Waals surface area contributed by atoms with Crippen molar-refractivity contribution >= 4 is 35.1 Å². The number of benzene rings is 2. The number of hydrogen-bond donors (Lipinski definition) is 2. The van der Waals surface area contributed by atoms with Crippen molar-refractivity contribution in [3.05, 3.63) is 54.1 Å². The van der Waals surface area contributed by atoms with E-state index in [9.17, 15) is 14.4 Å². The van der Waals surface area contributed by atoms with Gasteiger partial charge in [-0.05, 0) is 57.2 Å². The van der Waals surface area contributed by atoms with Gasteiger partial charge in [0.1, 0.15) is 5.60 Å². The maximum Gasteiger partial charge on any atom is 0.412 e. The minimum Gasteiger partial charge on any atom is -0.444 e. The molecule has 0 saturated heterocycles. The second-order valence-corrected chi connectivity index (χ2v) is 6.38. The van der Waals surface area contributed by atoms with Gasteiger partial charge in [0.2, 0.25) is 6.08 Å². The Kier molecular flexibility index (Phi) is 5.88. The van der Waals surface area contributed by atoms with E-state index in [0.29, 0.717) is 22.6 Å². The standard InChI is InChI=1S/C19H19N3O4/c1-19(2,3)26-18(25)22-16-7-5-4-6-15(16)21-17(24)13-8-10-14(11-9-13)20-12-23/h4-11H,1-3H3,(H,21,24)(H,22,25). The molecule has 0 unspecified atom stereocenters. The van der Waals surface area contributed by atoms with Crippen LogP contribution in [0, 0.1) is 0 Å². The molecule has 0 aromatic heterocycles. The molecule has 0 heterocycles. The molecule has 2 amide bonds. The SMILES string of the molecule is CC(C)(C)OC(=O)Nc1ccccc1NC(=O)c1ccc(N=C=O)cc1. The molecule has 2 rings (SSSR count). The molecule has 0 aliphatic heterocycles. The second-order valence-electron chi connectivity index (χ2n) is 6.38. The van der Waals surface area contributed by atoms with Gasteiger partial charge in [0.05, 0.1) is 17.1 Å². The molecule has 0 aliphatic rings. The fourth-order valence-corrected chi connectivity index (χ4v) is 2.05. The topological polar surface area (TPSA) is 96.9 Å². The Balaban J connectivity index is 2.13. The van der Waals surface area contributed by atoms with Crippen molar-refractivity contribution in [3.8, 4) is 0 Å². The summed E-state index contributed by atoms with van der Waals surface area (Å²) in [5.74, 6) is -0.370. The van der Waals surface area contributed by atoms with Crippen LogP contribution >= 0.6 is 0 Å². The van der Waals surface area contributed by atoms with E-state index >= 15 is 0 Å². The number of hydrogen-bond acceptors (Lipinski definition) is 5. The van der Waals surface area contributed by atoms with E-state index in [4.69, 9.17) is 4.74 Å². The molecule has 26 heavy (non-hydrogen) atoms. The van der Waals surface area contributed by atoms with E-state index in [-0.39, 0.29) is 5.91 Å². The van der Waals surface area contributed by atoms with Gasteiger partial charge in [-0.15, -0.1) is 0 Å². The van der Waals surface area contributed by atoms with E-state index in [1.54, 1.807) is 45.0 Å². The number of anilines is 2. The van der Waals surface area contributed by atoms with Crippen LogP contribution in [-0.2, 0) is 9.53 Å². The zero-order valence-electron chi connectivity index (χ0n) is 14.7. The normalized spacial score (nSPS) is 10.4. The largest absolute Gasteiger partial charge is 0.444 e. The molecule has 0 aliphatic carbocycles. The molecule has 0 fully saturated rings. The average Bonchev–Trinajstić information content (AvgIpc) is 2.56. The molecule has 2 aromatic carbocycles. The highest BCUT2D eigenvalue weighted by Crippen LogP contribution is 2.23. The molecule has 2 N–H and O–H groups in total. The maximum atomic E-state index is 12.4. The number of isocyanates is 1. The molecule has 7 nitrogen and oxygen atoms in total. The van der Waals surface area contributed by atoms with Gasteiger partial charge in [-0.3, -0.25) is 10.1 Å². The van der Waals surface area contributed by atoms with Crippen LogP contribution in [0.2, 0.25) is 0 Å². The van der Waals surface area contributed by atoms with Crippen molar-refractivity contribution < 1.29 is 19.1 Å². The maximum absolute atomic E-state index is 12.4. The molecule has 0 saturated carbocycles. The Morgan fingerprint density at radius 1 is 0.962 bits per heavy atom. The van der Waals surface area contributed by atoms with Gasteiger partial charge in [-0.1, -0.05) is 12.1 Å². The van der Waals surface area contributed by atoms with Crippen molar-refractivity contribution in [2.75, 3.05) is 10.6 Å². The minimum absolute atomic E-state index is 0.370. The minimum atomic E-state index is -0.631. The number of carbonyl (C=O) groups excluding carboxylic acids is 3. The lowest BCUT2D eigenvalue weighted by Crippen LogP contribution is -2.27. The lowest BCUT2D eigenvalue weighted by molar-refractivity contribution is 0.0635. The summed E-state index contributed by atoms with van der Waals surface area (Å²) in [6, 6.07) is 12.9. The zero-order valence-corrected chi connectivity index (χ0v) is 14.7. The molecular weight excluding hydrogens is 334 g/mol. The van der Waals surface area contributed by atoms with Gasteiger partial charge >= 0.3 is 6.09 Å². The first-order valence-corrected chi connectivity index (χ1v) is 7.87. The Morgan fingerprint density at radius 3 is 2.08 bits per heavy atom. The molecule has 7 heteroatoms. The molecular formula is C19H19N3O4. The van der Waals surface area contributed by atoms with Crippen molar-refractivity contribution in [3.63, 3.8) is 0 Å². The highest BCUT2D eigenvalue weighted by atomic mass is 16.6. The fourth-order valence-electron chi connectivity index (χ4n) is 2.05. The van der Waals surface area contributed by atoms with Crippen molar-refractivity contribution in [1.82, 2.24) is 0 Å². The van der Waals surface area contributed by atoms with E-state index in [0.717, 1.165) is 0 Å². The van der Waals surface area contributed by atoms with Gasteiger partial charge in [-0.2, -0.15) is 4.99 Å². The molecule has 0 radical (unpaired) electrons. The smallest absolute Gasteiger partial charge is 0.412 e. The van der Waals surface area contributed by atoms with Crippen LogP contribution in [0.4, 0.5) is 21.9 Å². The lowest BCUT2D eigenvalue weighted by Gasteiger charge is -2.20. The monoisotopic (exact) mass is 353 g/mol. The first kappa shape index (κ1) is 18.9. The highest BCUT2D eigenvalue weighted by molar-refractivity contribution is 6.07. The number of carbonyl (C=O) groups is 2. The van der Waals surface area contributed by atoms with Gasteiger partial charge in [0, 0.05) is 5.56 Å². The molecule has 0 bridgehead atoms. The predicted molar refractivity (Wildman–Crippen MR) is 98.5 cm³/mol. The van der Waals surface area contributed by atoms with Crippen LogP contribution in [0.3, 0.4) is 0 Å². The summed E-state index contributed by atoms with van der Waals surface area (Å²) >= 11 is 0. The van der Waals surface area contributed by atoms with Crippen LogP contribution in [0.5, 0.6) is 0 Å². The zero-order chi connectivity index (χ0) is 19.2. The molecule has 0 spiro atoms. The lowest BCUT2D eigenvalue weighted by atomic mass is 10.2. The van der Waals surface area contributed by atoms with E-state index in [1.165, 1.54) is 30.3 Å². The Hall–Kier alpha value is -3.44. The molecule has 2 aromatic rings. The summed E-state index contributed by atoms with van der Waals surface area (Å²) in [5.41, 5.74) is 0.995. The van der Waals surface area contributed by atoms with Gasteiger partial charge in [-0.25, -0.2) is 9.59 Å². The van der Waals surface area contributed by atoms with Crippen LogP contribution in [0.15, 0.2) is 53.5 Å². The van der Waals surface area contributed by atoms with E-state index < -0.39 is 11.7 Å². The van der Waals surface area contributed by atoms with Crippen LogP contribution in [0.25, 0.3) is 0 Å². The van der Waals surface area contributed by atoms with E-state index in [1.807, 2.05) is 0 Å². The molecule has 0 atom stereocenters. The average molecular weight is 353 g/mol. The summed E-state index contributed by atoms with van der Waals surface area (Å²) in [4.78, 5) is 38.0. The van der Waals surface area contributed by atoms with Crippen molar-refractivity contribution in [2.45, 2.75) is 26.4 Å². The summed E-state index contributed by atoms with van der Waals surface area (Å²) in [5, 5.41) is 5.35. The first-order valence-electron chi connectivity index (χ1n) is 7.87. The van der Waals surface area contributed by atoms with Crippen LogP contribution in [-0.4, -0.2) is 23.7 Å². The number of nitrogens with one attached hydrogen (secondary N) is 2. The Morgan fingerprint density at radius 2 is 1.54 bits per heavy atom. The summed E-state index contributed by atoms with van der Waals surface area (Å²) < 4.78 is 5.22. The Labute approximate surface area is 151 Å². The van der Waals surface area contributed by atoms with Gasteiger partial charge in [0.15, 0.2) is 0 Å². The summed E-state index contributed by atoms with van der Waals surface area (Å²) in [6.07, 6.45) is 0.821. The van der Waals surface area contributed by atoms with Gasteiger partial charge in [0.25, 0.3) is 5.91 Å². The molecule has 134 valence electrons. The van der Waals surface area contributed by atoms with E-state index in [2.05, 4.69) is 15.6 Å². The number of nitrogens with zero attached hydrogens (tertiary/aromatic N) is 1. The highest BCUT2D eigenvalue weighted by Gasteiger charge is 2.17. The third kappa shape index (κ3) is 5.58. The number of para-hydroxylation sites is 2. The summed E-state index contributed by atoms with van der Waals surface area (Å²) in [6.45, 7) is 5.29. The third-order valence-electron chi connectivity index (χ3n) is 3.12. The second kappa shape index (κ2) is 8.09. The third-order valence-corrected chi connectivity index (χ3v) is 3.12. The van der Waals surface area contributed by atoms with Crippen LogP contribution in [0.1, 0.15) is 31.1 Å². The quantitative estimate of drug-likeness (QED) is 0.634.